The van der Waals surface area contributed by atoms with Crippen molar-refractivity contribution in [3.8, 4) is 5.75 Å². The van der Waals surface area contributed by atoms with E-state index in [4.69, 9.17) is 4.74 Å². The Morgan fingerprint density at radius 2 is 1.81 bits per heavy atom. The number of ether oxygens (including phenoxy) is 1. The van der Waals surface area contributed by atoms with Gasteiger partial charge in [-0.05, 0) is 36.4 Å². The molecule has 0 fully saturated rings. The Bertz CT molecular complexity index is 1020. The molecule has 1 unspecified atom stereocenters. The summed E-state index contributed by atoms with van der Waals surface area (Å²) in [6, 6.07) is 19.5. The summed E-state index contributed by atoms with van der Waals surface area (Å²) in [5.41, 5.74) is 1.88. The van der Waals surface area contributed by atoms with Gasteiger partial charge in [0.1, 0.15) is 11.6 Å². The zero-order chi connectivity index (χ0) is 18.8. The summed E-state index contributed by atoms with van der Waals surface area (Å²) in [7, 11) is 0. The minimum absolute atomic E-state index is 0.206. The summed E-state index contributed by atoms with van der Waals surface area (Å²) in [5, 5.41) is 5.48. The van der Waals surface area contributed by atoms with E-state index in [-0.39, 0.29) is 11.5 Å². The lowest BCUT2D eigenvalue weighted by Gasteiger charge is -2.26. The maximum absolute atomic E-state index is 13.3. The quantitative estimate of drug-likeness (QED) is 0.735. The summed E-state index contributed by atoms with van der Waals surface area (Å²) in [6.45, 7) is 0. The normalized spacial score (nSPS) is 15.3. The molecule has 1 heterocycles. The third kappa shape index (κ3) is 3.50. The predicted octanol–water partition coefficient (Wildman–Crippen LogP) is 4.15. The second-order valence-electron chi connectivity index (χ2n) is 6.07. The number of hydrogen-bond acceptors (Lipinski definition) is 3. The Kier molecular flexibility index (Phi) is 4.30. The highest BCUT2D eigenvalue weighted by Crippen LogP contribution is 2.36. The van der Waals surface area contributed by atoms with Gasteiger partial charge in [-0.2, -0.15) is 0 Å². The first-order valence-electron chi connectivity index (χ1n) is 8.33. The number of halogens is 1. The smallest absolute Gasteiger partial charge is 0.270 e. The third-order valence-corrected chi connectivity index (χ3v) is 4.17. The average Bonchev–Trinajstić information content (AvgIpc) is 2.68. The second kappa shape index (κ2) is 6.92. The lowest BCUT2D eigenvalue weighted by molar-refractivity contribution is -0.123. The van der Waals surface area contributed by atoms with Gasteiger partial charge in [-0.1, -0.05) is 36.4 Å². The highest BCUT2D eigenvalue weighted by Gasteiger charge is 2.29. The number of amides is 2. The van der Waals surface area contributed by atoms with Gasteiger partial charge >= 0.3 is 0 Å². The van der Waals surface area contributed by atoms with Gasteiger partial charge in [0.05, 0.1) is 5.69 Å². The summed E-state index contributed by atoms with van der Waals surface area (Å²) in [6.07, 6.45) is -0.730. The monoisotopic (exact) mass is 362 g/mol. The average molecular weight is 362 g/mol. The molecule has 0 aliphatic carbocycles. The summed E-state index contributed by atoms with van der Waals surface area (Å²) in [5.74, 6) is -0.713. The van der Waals surface area contributed by atoms with Gasteiger partial charge in [0, 0.05) is 16.8 Å². The van der Waals surface area contributed by atoms with Gasteiger partial charge in [0.25, 0.3) is 11.8 Å². The first kappa shape index (κ1) is 16.8. The van der Waals surface area contributed by atoms with Crippen molar-refractivity contribution in [1.29, 1.82) is 0 Å². The molecular weight excluding hydrogens is 347 g/mol. The molecule has 0 saturated heterocycles. The van der Waals surface area contributed by atoms with E-state index in [0.717, 1.165) is 11.6 Å². The number of anilines is 2. The van der Waals surface area contributed by atoms with Crippen LogP contribution in [0.25, 0.3) is 0 Å². The van der Waals surface area contributed by atoms with Crippen LogP contribution in [0.1, 0.15) is 22.0 Å². The van der Waals surface area contributed by atoms with E-state index in [2.05, 4.69) is 10.6 Å². The van der Waals surface area contributed by atoms with Crippen LogP contribution in [0.5, 0.6) is 5.75 Å². The predicted molar refractivity (Wildman–Crippen MR) is 99.2 cm³/mol. The maximum Gasteiger partial charge on any atom is 0.270 e. The van der Waals surface area contributed by atoms with Crippen LogP contribution in [0, 0.1) is 5.82 Å². The topological polar surface area (TPSA) is 67.4 Å². The molecule has 1 aliphatic rings. The summed E-state index contributed by atoms with van der Waals surface area (Å²) < 4.78 is 19.1. The molecule has 6 heteroatoms. The highest BCUT2D eigenvalue weighted by molar-refractivity contribution is 6.05. The van der Waals surface area contributed by atoms with Crippen molar-refractivity contribution in [2.45, 2.75) is 6.10 Å². The molecule has 2 N–H and O–H groups in total. The molecule has 134 valence electrons. The van der Waals surface area contributed by atoms with Crippen LogP contribution in [0.15, 0.2) is 72.8 Å². The van der Waals surface area contributed by atoms with Crippen molar-refractivity contribution >= 4 is 23.2 Å². The summed E-state index contributed by atoms with van der Waals surface area (Å²) >= 11 is 0. The SMILES string of the molecule is O=C(Nc1ccc2c(c1)NC(=O)C(c1ccccc1)O2)c1cccc(F)c1. The molecule has 4 rings (SSSR count). The lowest BCUT2D eigenvalue weighted by Crippen LogP contribution is -2.30. The number of carbonyl (C=O) groups is 2. The minimum Gasteiger partial charge on any atom is -0.474 e. The molecule has 0 spiro atoms. The van der Waals surface area contributed by atoms with Crippen LogP contribution >= 0.6 is 0 Å². The van der Waals surface area contributed by atoms with E-state index in [1.165, 1.54) is 18.2 Å². The van der Waals surface area contributed by atoms with Crippen LogP contribution in [-0.2, 0) is 4.79 Å². The van der Waals surface area contributed by atoms with E-state index in [0.29, 0.717) is 17.1 Å². The molecule has 1 atom stereocenters. The van der Waals surface area contributed by atoms with Crippen LogP contribution in [0.3, 0.4) is 0 Å². The number of hydrogen-bond donors (Lipinski definition) is 2. The van der Waals surface area contributed by atoms with Gasteiger partial charge in [0.15, 0.2) is 0 Å². The Labute approximate surface area is 154 Å². The first-order valence-corrected chi connectivity index (χ1v) is 8.33. The van der Waals surface area contributed by atoms with Crippen molar-refractivity contribution in [3.63, 3.8) is 0 Å². The highest BCUT2D eigenvalue weighted by atomic mass is 19.1. The molecule has 0 saturated carbocycles. The Balaban J connectivity index is 1.54. The number of nitrogens with one attached hydrogen (secondary N) is 2. The summed E-state index contributed by atoms with van der Waals surface area (Å²) in [4.78, 5) is 24.6. The van der Waals surface area contributed by atoms with Crippen LogP contribution in [-0.4, -0.2) is 11.8 Å². The Morgan fingerprint density at radius 1 is 1.00 bits per heavy atom. The van der Waals surface area contributed by atoms with Gasteiger partial charge < -0.3 is 15.4 Å². The van der Waals surface area contributed by atoms with E-state index in [1.807, 2.05) is 30.3 Å². The standard InChI is InChI=1S/C21H15FN2O3/c22-15-8-4-7-14(11-15)20(25)23-16-9-10-18-17(12-16)24-21(26)19(27-18)13-5-2-1-3-6-13/h1-12,19H,(H,23,25)(H,24,26). The molecule has 0 radical (unpaired) electrons. The van der Waals surface area contributed by atoms with E-state index < -0.39 is 17.8 Å². The van der Waals surface area contributed by atoms with Gasteiger partial charge in [-0.3, -0.25) is 9.59 Å². The molecule has 2 amide bonds. The molecule has 1 aliphatic heterocycles. The number of benzene rings is 3. The molecule has 3 aromatic rings. The molecule has 0 bridgehead atoms. The Morgan fingerprint density at radius 3 is 2.59 bits per heavy atom. The van der Waals surface area contributed by atoms with Crippen molar-refractivity contribution in [2.24, 2.45) is 0 Å². The van der Waals surface area contributed by atoms with Crippen molar-refractivity contribution in [3.05, 3.63) is 89.7 Å². The molecule has 5 nitrogen and oxygen atoms in total. The fraction of sp³-hybridized carbons (Fsp3) is 0.0476. The maximum atomic E-state index is 13.3. The molecule has 3 aromatic carbocycles. The zero-order valence-corrected chi connectivity index (χ0v) is 14.1. The van der Waals surface area contributed by atoms with Crippen molar-refractivity contribution in [1.82, 2.24) is 0 Å². The fourth-order valence-electron chi connectivity index (χ4n) is 2.87. The van der Waals surface area contributed by atoms with Gasteiger partial charge in [-0.25, -0.2) is 4.39 Å². The fourth-order valence-corrected chi connectivity index (χ4v) is 2.87. The Hall–Kier alpha value is -3.67. The van der Waals surface area contributed by atoms with Gasteiger partial charge in [0.2, 0.25) is 6.10 Å². The van der Waals surface area contributed by atoms with Crippen LogP contribution in [0.2, 0.25) is 0 Å². The lowest BCUT2D eigenvalue weighted by atomic mass is 10.1. The van der Waals surface area contributed by atoms with Crippen LogP contribution in [0.4, 0.5) is 15.8 Å². The molecular formula is C21H15FN2O3. The number of fused-ring (bicyclic) bond motifs is 1. The van der Waals surface area contributed by atoms with Gasteiger partial charge in [-0.15, -0.1) is 0 Å². The van der Waals surface area contributed by atoms with E-state index in [9.17, 15) is 14.0 Å². The number of rotatable bonds is 3. The van der Waals surface area contributed by atoms with Crippen molar-refractivity contribution in [2.75, 3.05) is 10.6 Å². The first-order chi connectivity index (χ1) is 13.1. The van der Waals surface area contributed by atoms with E-state index in [1.54, 1.807) is 18.2 Å². The van der Waals surface area contributed by atoms with Crippen molar-refractivity contribution < 1.29 is 18.7 Å². The molecule has 0 aromatic heterocycles. The third-order valence-electron chi connectivity index (χ3n) is 4.17. The largest absolute Gasteiger partial charge is 0.474 e. The zero-order valence-electron chi connectivity index (χ0n) is 14.1. The number of carbonyl (C=O) groups excluding carboxylic acids is 2. The molecule has 27 heavy (non-hydrogen) atoms. The second-order valence-corrected chi connectivity index (χ2v) is 6.07. The van der Waals surface area contributed by atoms with E-state index >= 15 is 0 Å². The minimum atomic E-state index is -0.730. The van der Waals surface area contributed by atoms with Crippen LogP contribution < -0.4 is 15.4 Å².